The number of benzene rings is 1. The van der Waals surface area contributed by atoms with Crippen LogP contribution in [-0.4, -0.2) is 44.2 Å². The molecule has 2 aromatic rings. The van der Waals surface area contributed by atoms with Gasteiger partial charge in [-0.3, -0.25) is 0 Å². The molecule has 0 radical (unpaired) electrons. The van der Waals surface area contributed by atoms with Crippen LogP contribution in [-0.2, 0) is 0 Å². The molecule has 7 heteroatoms. The minimum atomic E-state index is -0.754. The van der Waals surface area contributed by atoms with Crippen molar-refractivity contribution in [1.82, 2.24) is 14.8 Å². The zero-order valence-electron chi connectivity index (χ0n) is 9.49. The molecule has 0 bridgehead atoms. The van der Waals surface area contributed by atoms with Gasteiger partial charge in [-0.25, -0.2) is 9.67 Å². The molecule has 6 nitrogen and oxygen atoms in total. The summed E-state index contributed by atoms with van der Waals surface area (Å²) in [5.41, 5.74) is 1.76. The van der Waals surface area contributed by atoms with Gasteiger partial charge in [0.1, 0.15) is 6.33 Å². The summed E-state index contributed by atoms with van der Waals surface area (Å²) in [6, 6.07) is 7.51. The Labute approximate surface area is 112 Å². The van der Waals surface area contributed by atoms with E-state index in [0.29, 0.717) is 11.3 Å². The average Bonchev–Trinajstić information content (AvgIpc) is 2.83. The van der Waals surface area contributed by atoms with Crippen LogP contribution < -0.4 is 5.32 Å². The Morgan fingerprint density at radius 2 is 2.06 bits per heavy atom. The first-order valence-corrected chi connectivity index (χ1v) is 6.19. The Morgan fingerprint density at radius 3 is 2.61 bits per heavy atom. The number of rotatable bonds is 5. The summed E-state index contributed by atoms with van der Waals surface area (Å²) in [6.45, 7) is 0.0583. The van der Waals surface area contributed by atoms with Crippen LogP contribution in [0, 0.1) is 0 Å². The van der Waals surface area contributed by atoms with Crippen LogP contribution >= 0.6 is 15.9 Å². The van der Waals surface area contributed by atoms with Crippen molar-refractivity contribution >= 4 is 21.6 Å². The van der Waals surface area contributed by atoms with E-state index in [0.717, 1.165) is 11.4 Å². The molecule has 18 heavy (non-hydrogen) atoms. The van der Waals surface area contributed by atoms with E-state index < -0.39 is 6.10 Å². The highest BCUT2D eigenvalue weighted by Crippen LogP contribution is 2.13. The summed E-state index contributed by atoms with van der Waals surface area (Å²) in [4.78, 5) is 3.98. The maximum atomic E-state index is 9.21. The second kappa shape index (κ2) is 5.94. The molecule has 1 atom stereocenters. The Morgan fingerprint density at radius 1 is 1.33 bits per heavy atom. The molecule has 0 aliphatic heterocycles. The maximum absolute atomic E-state index is 9.21. The van der Waals surface area contributed by atoms with Gasteiger partial charge in [0.15, 0.2) is 0 Å². The van der Waals surface area contributed by atoms with E-state index in [4.69, 9.17) is 5.11 Å². The van der Waals surface area contributed by atoms with Crippen LogP contribution in [0.2, 0.25) is 0 Å². The number of nitrogens with zero attached hydrogens (tertiary/aromatic N) is 3. The topological polar surface area (TPSA) is 83.2 Å². The normalized spacial score (nSPS) is 12.4. The lowest BCUT2D eigenvalue weighted by atomic mass is 10.2. The maximum Gasteiger partial charge on any atom is 0.217 e. The fourth-order valence-corrected chi connectivity index (χ4v) is 1.66. The Kier molecular flexibility index (Phi) is 4.29. The number of anilines is 1. The SMILES string of the molecule is OCC(O)CNc1ccc(-n2cnc(Br)n2)cc1. The van der Waals surface area contributed by atoms with E-state index in [1.165, 1.54) is 0 Å². The van der Waals surface area contributed by atoms with Gasteiger partial charge in [0.2, 0.25) is 4.73 Å². The van der Waals surface area contributed by atoms with Crippen molar-refractivity contribution in [3.05, 3.63) is 35.3 Å². The molecule has 0 saturated carbocycles. The fraction of sp³-hybridized carbons (Fsp3) is 0.273. The van der Waals surface area contributed by atoms with Crippen molar-refractivity contribution < 1.29 is 10.2 Å². The predicted molar refractivity (Wildman–Crippen MR) is 70.6 cm³/mol. The van der Waals surface area contributed by atoms with Crippen LogP contribution in [0.1, 0.15) is 0 Å². The van der Waals surface area contributed by atoms with E-state index in [9.17, 15) is 5.11 Å². The smallest absolute Gasteiger partial charge is 0.217 e. The van der Waals surface area contributed by atoms with Crippen molar-refractivity contribution in [3.63, 3.8) is 0 Å². The lowest BCUT2D eigenvalue weighted by Crippen LogP contribution is -2.22. The Hall–Kier alpha value is -1.44. The zero-order valence-corrected chi connectivity index (χ0v) is 11.1. The highest BCUT2D eigenvalue weighted by atomic mass is 79.9. The predicted octanol–water partition coefficient (Wildman–Crippen LogP) is 0.795. The molecular formula is C11H13BrN4O2. The van der Waals surface area contributed by atoms with Crippen molar-refractivity contribution in [1.29, 1.82) is 0 Å². The standard InChI is InChI=1S/C11H13BrN4O2/c12-11-14-7-16(15-11)9-3-1-8(2-4-9)13-5-10(18)6-17/h1-4,7,10,13,17-18H,5-6H2. The van der Waals surface area contributed by atoms with Crippen molar-refractivity contribution in [2.45, 2.75) is 6.10 Å². The number of nitrogens with one attached hydrogen (secondary N) is 1. The van der Waals surface area contributed by atoms with Gasteiger partial charge in [-0.1, -0.05) is 0 Å². The highest BCUT2D eigenvalue weighted by molar-refractivity contribution is 9.10. The van der Waals surface area contributed by atoms with Gasteiger partial charge in [0, 0.05) is 12.2 Å². The number of aromatic nitrogens is 3. The lowest BCUT2D eigenvalue weighted by Gasteiger charge is -2.10. The van der Waals surface area contributed by atoms with Gasteiger partial charge < -0.3 is 15.5 Å². The molecular weight excluding hydrogens is 300 g/mol. The fourth-order valence-electron chi connectivity index (χ4n) is 1.40. The van der Waals surface area contributed by atoms with E-state index >= 15 is 0 Å². The first-order chi connectivity index (χ1) is 8.69. The highest BCUT2D eigenvalue weighted by Gasteiger charge is 2.02. The van der Waals surface area contributed by atoms with Gasteiger partial charge in [-0.05, 0) is 40.2 Å². The van der Waals surface area contributed by atoms with Crippen LogP contribution in [0.15, 0.2) is 35.3 Å². The van der Waals surface area contributed by atoms with Gasteiger partial charge in [0.25, 0.3) is 0 Å². The van der Waals surface area contributed by atoms with Crippen LogP contribution in [0.3, 0.4) is 0 Å². The minimum absolute atomic E-state index is 0.252. The molecule has 2 rings (SSSR count). The third-order valence-electron chi connectivity index (χ3n) is 2.35. The number of hydrogen-bond acceptors (Lipinski definition) is 5. The zero-order chi connectivity index (χ0) is 13.0. The quantitative estimate of drug-likeness (QED) is 0.760. The Balaban J connectivity index is 2.01. The average molecular weight is 313 g/mol. The van der Waals surface area contributed by atoms with E-state index in [1.54, 1.807) is 11.0 Å². The number of aliphatic hydroxyl groups excluding tert-OH is 2. The summed E-state index contributed by atoms with van der Waals surface area (Å²) >= 11 is 3.19. The van der Waals surface area contributed by atoms with Crippen molar-refractivity contribution in [2.24, 2.45) is 0 Å². The molecule has 1 aromatic heterocycles. The van der Waals surface area contributed by atoms with Gasteiger partial charge in [0.05, 0.1) is 18.4 Å². The summed E-state index contributed by atoms with van der Waals surface area (Å²) in [7, 11) is 0. The van der Waals surface area contributed by atoms with E-state index in [2.05, 4.69) is 31.3 Å². The molecule has 0 aliphatic carbocycles. The monoisotopic (exact) mass is 312 g/mol. The summed E-state index contributed by atoms with van der Waals surface area (Å²) in [6.07, 6.45) is 0.859. The molecule has 0 aliphatic rings. The van der Waals surface area contributed by atoms with Crippen molar-refractivity contribution in [2.75, 3.05) is 18.5 Å². The summed E-state index contributed by atoms with van der Waals surface area (Å²) in [5.74, 6) is 0. The molecule has 1 aromatic carbocycles. The second-order valence-electron chi connectivity index (χ2n) is 3.72. The molecule has 0 saturated heterocycles. The third kappa shape index (κ3) is 3.28. The minimum Gasteiger partial charge on any atom is -0.394 e. The van der Waals surface area contributed by atoms with Gasteiger partial charge >= 0.3 is 0 Å². The van der Waals surface area contributed by atoms with Crippen LogP contribution in [0.5, 0.6) is 0 Å². The van der Waals surface area contributed by atoms with Gasteiger partial charge in [-0.2, -0.15) is 0 Å². The largest absolute Gasteiger partial charge is 0.394 e. The molecule has 3 N–H and O–H groups in total. The van der Waals surface area contributed by atoms with Crippen LogP contribution in [0.25, 0.3) is 5.69 Å². The number of halogens is 1. The second-order valence-corrected chi connectivity index (χ2v) is 4.43. The molecule has 1 heterocycles. The summed E-state index contributed by atoms with van der Waals surface area (Å²) in [5, 5.41) is 25.1. The van der Waals surface area contributed by atoms with Gasteiger partial charge in [-0.15, -0.1) is 5.10 Å². The first-order valence-electron chi connectivity index (χ1n) is 5.39. The molecule has 96 valence electrons. The molecule has 0 spiro atoms. The van der Waals surface area contributed by atoms with E-state index in [1.807, 2.05) is 24.3 Å². The Bertz CT molecular complexity index is 500. The van der Waals surface area contributed by atoms with E-state index in [-0.39, 0.29) is 6.61 Å². The molecule has 0 amide bonds. The van der Waals surface area contributed by atoms with Crippen LogP contribution in [0.4, 0.5) is 5.69 Å². The third-order valence-corrected chi connectivity index (χ3v) is 2.71. The molecule has 0 fully saturated rings. The summed E-state index contributed by atoms with van der Waals surface area (Å²) < 4.78 is 2.19. The number of aliphatic hydroxyl groups is 2. The number of hydrogen-bond donors (Lipinski definition) is 3. The van der Waals surface area contributed by atoms with Crippen molar-refractivity contribution in [3.8, 4) is 5.69 Å². The lowest BCUT2D eigenvalue weighted by molar-refractivity contribution is 0.105. The first kappa shape index (κ1) is 13.0. The molecule has 1 unspecified atom stereocenters.